The lowest BCUT2D eigenvalue weighted by Gasteiger charge is -2.02. The Balaban J connectivity index is 1.56. The summed E-state index contributed by atoms with van der Waals surface area (Å²) in [5, 5.41) is 0.969. The predicted octanol–water partition coefficient (Wildman–Crippen LogP) is 5.02. The van der Waals surface area contributed by atoms with Crippen LogP contribution in [0.5, 0.6) is 0 Å². The summed E-state index contributed by atoms with van der Waals surface area (Å²) in [4.78, 5) is 5.54. The number of para-hydroxylation sites is 1. The van der Waals surface area contributed by atoms with Crippen LogP contribution < -0.4 is 0 Å². The van der Waals surface area contributed by atoms with E-state index >= 15 is 0 Å². The van der Waals surface area contributed by atoms with Crippen LogP contribution in [0.15, 0.2) is 24.3 Å². The fraction of sp³-hybridized carbons (Fsp3) is 0.529. The SMILES string of the molecule is O=S(=O)(O)CCCCCCCCCC(=S)c1nc2ccccc2s1. The van der Waals surface area contributed by atoms with Crippen LogP contribution in [-0.2, 0) is 10.1 Å². The van der Waals surface area contributed by atoms with Crippen molar-refractivity contribution in [2.75, 3.05) is 5.75 Å². The van der Waals surface area contributed by atoms with E-state index in [1.165, 1.54) is 4.70 Å². The van der Waals surface area contributed by atoms with Crippen molar-refractivity contribution in [3.8, 4) is 0 Å². The molecule has 0 unspecified atom stereocenters. The van der Waals surface area contributed by atoms with Crippen LogP contribution in [-0.4, -0.2) is 28.6 Å². The molecule has 1 aromatic heterocycles. The van der Waals surface area contributed by atoms with Crippen molar-refractivity contribution in [3.63, 3.8) is 0 Å². The Morgan fingerprint density at radius 2 is 1.67 bits per heavy atom. The van der Waals surface area contributed by atoms with Gasteiger partial charge in [0.2, 0.25) is 0 Å². The quantitative estimate of drug-likeness (QED) is 0.254. The van der Waals surface area contributed by atoms with Crippen LogP contribution >= 0.6 is 23.6 Å². The second-order valence-electron chi connectivity index (χ2n) is 5.92. The Morgan fingerprint density at radius 1 is 1.04 bits per heavy atom. The molecular formula is C17H23NO3S3. The minimum Gasteiger partial charge on any atom is -0.286 e. The lowest BCUT2D eigenvalue weighted by Crippen LogP contribution is -2.03. The monoisotopic (exact) mass is 385 g/mol. The molecule has 0 aliphatic heterocycles. The Morgan fingerprint density at radius 3 is 2.33 bits per heavy atom. The summed E-state index contributed by atoms with van der Waals surface area (Å²) in [6.07, 6.45) is 7.73. The third kappa shape index (κ3) is 6.93. The molecule has 0 aliphatic carbocycles. The molecule has 24 heavy (non-hydrogen) atoms. The number of nitrogens with zero attached hydrogens (tertiary/aromatic N) is 1. The van der Waals surface area contributed by atoms with Crippen molar-refractivity contribution >= 4 is 48.8 Å². The van der Waals surface area contributed by atoms with E-state index in [4.69, 9.17) is 16.8 Å². The highest BCUT2D eigenvalue weighted by atomic mass is 32.2. The first-order chi connectivity index (χ1) is 11.5. The summed E-state index contributed by atoms with van der Waals surface area (Å²) in [7, 11) is -3.79. The van der Waals surface area contributed by atoms with Crippen LogP contribution in [0.2, 0.25) is 0 Å². The number of rotatable bonds is 11. The Hall–Kier alpha value is -0.890. The number of thiocarbonyl (C=S) groups is 1. The first-order valence-electron chi connectivity index (χ1n) is 8.30. The first kappa shape index (κ1) is 19.4. The van der Waals surface area contributed by atoms with Crippen molar-refractivity contribution in [3.05, 3.63) is 29.3 Å². The van der Waals surface area contributed by atoms with Gasteiger partial charge in [0.15, 0.2) is 0 Å². The van der Waals surface area contributed by atoms with Crippen molar-refractivity contribution < 1.29 is 13.0 Å². The average molecular weight is 386 g/mol. The number of hydrogen-bond donors (Lipinski definition) is 1. The van der Waals surface area contributed by atoms with Gasteiger partial charge in [0.1, 0.15) is 5.01 Å². The van der Waals surface area contributed by atoms with Gasteiger partial charge in [0, 0.05) is 0 Å². The van der Waals surface area contributed by atoms with Gasteiger partial charge < -0.3 is 0 Å². The topological polar surface area (TPSA) is 67.3 Å². The predicted molar refractivity (Wildman–Crippen MR) is 105 cm³/mol. The largest absolute Gasteiger partial charge is 0.286 e. The van der Waals surface area contributed by atoms with Gasteiger partial charge in [-0.15, -0.1) is 11.3 Å². The molecule has 2 rings (SSSR count). The maximum Gasteiger partial charge on any atom is 0.264 e. The van der Waals surface area contributed by atoms with Gasteiger partial charge in [-0.3, -0.25) is 4.55 Å². The van der Waals surface area contributed by atoms with Crippen LogP contribution in [0.4, 0.5) is 0 Å². The molecule has 1 heterocycles. The average Bonchev–Trinajstić information content (AvgIpc) is 2.96. The molecule has 1 aromatic carbocycles. The second-order valence-corrected chi connectivity index (χ2v) is 9.02. The zero-order valence-electron chi connectivity index (χ0n) is 13.6. The van der Waals surface area contributed by atoms with E-state index in [1.54, 1.807) is 11.3 Å². The summed E-state index contributed by atoms with van der Waals surface area (Å²) in [5.74, 6) is -0.122. The lowest BCUT2D eigenvalue weighted by molar-refractivity contribution is 0.478. The highest BCUT2D eigenvalue weighted by Crippen LogP contribution is 2.23. The maximum atomic E-state index is 10.6. The molecule has 0 saturated carbocycles. The van der Waals surface area contributed by atoms with Crippen molar-refractivity contribution in [2.45, 2.75) is 51.4 Å². The standard InChI is InChI=1S/C17H23NO3S3/c19-24(20,21)13-9-5-3-1-2-4-6-11-15(22)17-18-14-10-7-8-12-16(14)23-17/h7-8,10,12H,1-6,9,11,13H2,(H,19,20,21). The number of aromatic nitrogens is 1. The van der Waals surface area contributed by atoms with E-state index in [0.29, 0.717) is 6.42 Å². The summed E-state index contributed by atoms with van der Waals surface area (Å²) in [6.45, 7) is 0. The molecule has 4 nitrogen and oxygen atoms in total. The van der Waals surface area contributed by atoms with Crippen molar-refractivity contribution in [1.82, 2.24) is 4.98 Å². The molecule has 1 N–H and O–H groups in total. The van der Waals surface area contributed by atoms with Gasteiger partial charge in [0.25, 0.3) is 10.1 Å². The van der Waals surface area contributed by atoms with Gasteiger partial charge in [-0.1, -0.05) is 56.5 Å². The fourth-order valence-electron chi connectivity index (χ4n) is 2.55. The number of thiazole rings is 1. The van der Waals surface area contributed by atoms with E-state index in [-0.39, 0.29) is 5.75 Å². The zero-order valence-corrected chi connectivity index (χ0v) is 16.1. The van der Waals surface area contributed by atoms with Gasteiger partial charge in [-0.2, -0.15) is 8.42 Å². The van der Waals surface area contributed by atoms with E-state index in [2.05, 4.69) is 11.1 Å². The Labute approximate surface area is 153 Å². The summed E-state index contributed by atoms with van der Waals surface area (Å²) in [6, 6.07) is 8.09. The smallest absolute Gasteiger partial charge is 0.264 e. The van der Waals surface area contributed by atoms with E-state index in [1.807, 2.05) is 18.2 Å². The Bertz CT molecular complexity index is 735. The molecule has 0 atom stereocenters. The normalized spacial score (nSPS) is 11.9. The number of benzene rings is 1. The van der Waals surface area contributed by atoms with Crippen molar-refractivity contribution in [1.29, 1.82) is 0 Å². The first-order valence-corrected chi connectivity index (χ1v) is 11.1. The molecule has 0 amide bonds. The number of fused-ring (bicyclic) bond motifs is 1. The molecule has 0 spiro atoms. The maximum absolute atomic E-state index is 10.6. The highest BCUT2D eigenvalue weighted by molar-refractivity contribution is 7.85. The van der Waals surface area contributed by atoms with Crippen LogP contribution in [0, 0.1) is 0 Å². The Kier molecular flexibility index (Phi) is 7.74. The number of hydrogen-bond acceptors (Lipinski definition) is 5. The van der Waals surface area contributed by atoms with Gasteiger partial charge in [0.05, 0.1) is 20.8 Å². The third-order valence-corrected chi connectivity index (χ3v) is 6.27. The van der Waals surface area contributed by atoms with E-state index < -0.39 is 10.1 Å². The molecule has 7 heteroatoms. The minimum absolute atomic E-state index is 0.122. The van der Waals surface area contributed by atoms with E-state index in [9.17, 15) is 8.42 Å². The summed E-state index contributed by atoms with van der Waals surface area (Å²) in [5.41, 5.74) is 1.02. The molecule has 2 aromatic rings. The molecule has 0 radical (unpaired) electrons. The van der Waals surface area contributed by atoms with Crippen LogP contribution in [0.25, 0.3) is 10.2 Å². The van der Waals surface area contributed by atoms with Gasteiger partial charge in [-0.05, 0) is 31.4 Å². The van der Waals surface area contributed by atoms with E-state index in [0.717, 1.165) is 60.3 Å². The molecule has 0 aliphatic rings. The molecule has 0 bridgehead atoms. The van der Waals surface area contributed by atoms with Crippen LogP contribution in [0.1, 0.15) is 56.4 Å². The molecular weight excluding hydrogens is 362 g/mol. The lowest BCUT2D eigenvalue weighted by atomic mass is 10.1. The highest BCUT2D eigenvalue weighted by Gasteiger charge is 2.08. The molecule has 0 fully saturated rings. The summed E-state index contributed by atoms with van der Waals surface area (Å²) < 4.78 is 31.0. The van der Waals surface area contributed by atoms with Gasteiger partial charge in [-0.25, -0.2) is 4.98 Å². The van der Waals surface area contributed by atoms with Crippen molar-refractivity contribution in [2.24, 2.45) is 0 Å². The van der Waals surface area contributed by atoms with Crippen LogP contribution in [0.3, 0.4) is 0 Å². The fourth-order valence-corrected chi connectivity index (χ4v) is 4.37. The second kappa shape index (κ2) is 9.56. The molecule has 0 saturated heterocycles. The molecule has 132 valence electrons. The van der Waals surface area contributed by atoms with Gasteiger partial charge >= 0.3 is 0 Å². The summed E-state index contributed by atoms with van der Waals surface area (Å²) >= 11 is 7.16. The third-order valence-electron chi connectivity index (χ3n) is 3.84. The minimum atomic E-state index is -3.79. The number of unbranched alkanes of at least 4 members (excludes halogenated alkanes) is 6. The zero-order chi connectivity index (χ0) is 17.4.